The highest BCUT2D eigenvalue weighted by Crippen LogP contribution is 2.18. The molecule has 0 unspecified atom stereocenters. The summed E-state index contributed by atoms with van der Waals surface area (Å²) < 4.78 is 4.93. The minimum absolute atomic E-state index is 0.141. The van der Waals surface area contributed by atoms with Crippen LogP contribution in [-0.2, 0) is 4.74 Å². The van der Waals surface area contributed by atoms with Crippen LogP contribution in [-0.4, -0.2) is 31.2 Å². The molecule has 22 heavy (non-hydrogen) atoms. The highest BCUT2D eigenvalue weighted by molar-refractivity contribution is 6.30. The molecule has 0 fully saturated rings. The van der Waals surface area contributed by atoms with Gasteiger partial charge >= 0.3 is 0 Å². The SMILES string of the molecule is COCCCNC(=O)c1ccc(Nc2cccc(Cl)c2)nc1. The van der Waals surface area contributed by atoms with Gasteiger partial charge < -0.3 is 15.4 Å². The first-order chi connectivity index (χ1) is 10.7. The number of nitrogens with one attached hydrogen (secondary N) is 2. The van der Waals surface area contributed by atoms with Crippen LogP contribution in [0.5, 0.6) is 0 Å². The van der Waals surface area contributed by atoms with Gasteiger partial charge in [-0.3, -0.25) is 4.79 Å². The zero-order valence-electron chi connectivity index (χ0n) is 12.3. The summed E-state index contributed by atoms with van der Waals surface area (Å²) in [4.78, 5) is 16.1. The normalized spacial score (nSPS) is 10.3. The van der Waals surface area contributed by atoms with Crippen molar-refractivity contribution in [3.63, 3.8) is 0 Å². The second-order valence-corrected chi connectivity index (χ2v) is 5.11. The van der Waals surface area contributed by atoms with Gasteiger partial charge in [0.1, 0.15) is 5.82 Å². The lowest BCUT2D eigenvalue weighted by Crippen LogP contribution is -2.25. The van der Waals surface area contributed by atoms with Crippen LogP contribution in [0.3, 0.4) is 0 Å². The quantitative estimate of drug-likeness (QED) is 0.769. The lowest BCUT2D eigenvalue weighted by atomic mass is 10.2. The number of pyridine rings is 1. The third-order valence-electron chi connectivity index (χ3n) is 2.93. The predicted molar refractivity (Wildman–Crippen MR) is 87.8 cm³/mol. The topological polar surface area (TPSA) is 63.2 Å². The Balaban J connectivity index is 1.91. The zero-order valence-corrected chi connectivity index (χ0v) is 13.1. The van der Waals surface area contributed by atoms with E-state index in [-0.39, 0.29) is 5.91 Å². The van der Waals surface area contributed by atoms with Crippen molar-refractivity contribution in [2.24, 2.45) is 0 Å². The number of amides is 1. The second-order valence-electron chi connectivity index (χ2n) is 4.67. The molecule has 0 spiro atoms. The molecule has 1 aromatic carbocycles. The predicted octanol–water partition coefficient (Wildman–Crippen LogP) is 3.24. The summed E-state index contributed by atoms with van der Waals surface area (Å²) in [5, 5.41) is 6.59. The highest BCUT2D eigenvalue weighted by atomic mass is 35.5. The lowest BCUT2D eigenvalue weighted by Gasteiger charge is -2.07. The Bertz CT molecular complexity index is 617. The molecule has 116 valence electrons. The Kier molecular flexibility index (Phi) is 6.18. The van der Waals surface area contributed by atoms with Crippen LogP contribution < -0.4 is 10.6 Å². The number of methoxy groups -OCH3 is 1. The van der Waals surface area contributed by atoms with Crippen molar-refractivity contribution in [3.05, 3.63) is 53.2 Å². The first-order valence-corrected chi connectivity index (χ1v) is 7.32. The highest BCUT2D eigenvalue weighted by Gasteiger charge is 2.05. The van der Waals surface area contributed by atoms with Crippen LogP contribution >= 0.6 is 11.6 Å². The van der Waals surface area contributed by atoms with Crippen molar-refractivity contribution in [2.75, 3.05) is 25.6 Å². The molecular formula is C16H18ClN3O2. The average molecular weight is 320 g/mol. The molecule has 5 nitrogen and oxygen atoms in total. The molecule has 0 aliphatic heterocycles. The zero-order chi connectivity index (χ0) is 15.8. The Hall–Kier alpha value is -2.11. The molecule has 0 radical (unpaired) electrons. The number of ether oxygens (including phenoxy) is 1. The van der Waals surface area contributed by atoms with Gasteiger partial charge in [0.2, 0.25) is 0 Å². The molecule has 1 aromatic heterocycles. The van der Waals surface area contributed by atoms with E-state index in [1.165, 1.54) is 0 Å². The van der Waals surface area contributed by atoms with Crippen molar-refractivity contribution in [1.82, 2.24) is 10.3 Å². The first-order valence-electron chi connectivity index (χ1n) is 6.95. The number of rotatable bonds is 7. The van der Waals surface area contributed by atoms with Crippen LogP contribution in [0.15, 0.2) is 42.6 Å². The summed E-state index contributed by atoms with van der Waals surface area (Å²) >= 11 is 5.93. The fourth-order valence-electron chi connectivity index (χ4n) is 1.84. The minimum Gasteiger partial charge on any atom is -0.385 e. The molecule has 0 atom stereocenters. The molecule has 0 aliphatic carbocycles. The Labute approximate surface area is 134 Å². The van der Waals surface area contributed by atoms with E-state index in [1.54, 1.807) is 37.6 Å². The smallest absolute Gasteiger partial charge is 0.252 e. The summed E-state index contributed by atoms with van der Waals surface area (Å²) in [5.41, 5.74) is 1.37. The van der Waals surface area contributed by atoms with Gasteiger partial charge in [0.05, 0.1) is 5.56 Å². The van der Waals surface area contributed by atoms with E-state index < -0.39 is 0 Å². The van der Waals surface area contributed by atoms with E-state index in [2.05, 4.69) is 15.6 Å². The number of carbonyl (C=O) groups excluding carboxylic acids is 1. The fourth-order valence-corrected chi connectivity index (χ4v) is 2.03. The number of hydrogen-bond acceptors (Lipinski definition) is 4. The van der Waals surface area contributed by atoms with Crippen molar-refractivity contribution < 1.29 is 9.53 Å². The molecule has 2 rings (SSSR count). The minimum atomic E-state index is -0.141. The molecule has 0 bridgehead atoms. The van der Waals surface area contributed by atoms with Crippen molar-refractivity contribution in [3.8, 4) is 0 Å². The van der Waals surface area contributed by atoms with Crippen LogP contribution in [0.2, 0.25) is 5.02 Å². The third kappa shape index (κ3) is 5.02. The van der Waals surface area contributed by atoms with Gasteiger partial charge in [-0.15, -0.1) is 0 Å². The molecule has 0 saturated carbocycles. The summed E-state index contributed by atoms with van der Waals surface area (Å²) in [7, 11) is 1.64. The Morgan fingerprint density at radius 2 is 2.18 bits per heavy atom. The van der Waals surface area contributed by atoms with Crippen LogP contribution in [0.1, 0.15) is 16.8 Å². The average Bonchev–Trinajstić information content (AvgIpc) is 2.52. The van der Waals surface area contributed by atoms with Crippen molar-refractivity contribution in [1.29, 1.82) is 0 Å². The van der Waals surface area contributed by atoms with E-state index in [9.17, 15) is 4.79 Å². The molecule has 2 aromatic rings. The maximum absolute atomic E-state index is 11.9. The summed E-state index contributed by atoms with van der Waals surface area (Å²) in [6.07, 6.45) is 2.32. The van der Waals surface area contributed by atoms with Crippen LogP contribution in [0.25, 0.3) is 0 Å². The standard InChI is InChI=1S/C16H18ClN3O2/c1-22-9-3-8-18-16(21)12-6-7-15(19-11-12)20-14-5-2-4-13(17)10-14/h2,4-7,10-11H,3,8-9H2,1H3,(H,18,21)(H,19,20). The van der Waals surface area contributed by atoms with Gasteiger partial charge in [-0.05, 0) is 36.8 Å². The summed E-state index contributed by atoms with van der Waals surface area (Å²) in [6.45, 7) is 1.20. The van der Waals surface area contributed by atoms with E-state index in [1.807, 2.05) is 12.1 Å². The van der Waals surface area contributed by atoms with E-state index in [0.717, 1.165) is 12.1 Å². The number of hydrogen-bond donors (Lipinski definition) is 2. The largest absolute Gasteiger partial charge is 0.385 e. The summed E-state index contributed by atoms with van der Waals surface area (Å²) in [6, 6.07) is 10.8. The number of halogens is 1. The number of nitrogens with zero attached hydrogens (tertiary/aromatic N) is 1. The van der Waals surface area contributed by atoms with E-state index >= 15 is 0 Å². The molecule has 6 heteroatoms. The van der Waals surface area contributed by atoms with Gasteiger partial charge in [-0.25, -0.2) is 4.98 Å². The monoisotopic (exact) mass is 319 g/mol. The fraction of sp³-hybridized carbons (Fsp3) is 0.250. The van der Waals surface area contributed by atoms with Gasteiger partial charge in [0.25, 0.3) is 5.91 Å². The number of carbonyl (C=O) groups is 1. The van der Waals surface area contributed by atoms with E-state index in [0.29, 0.717) is 29.6 Å². The number of aromatic nitrogens is 1. The Morgan fingerprint density at radius 1 is 1.32 bits per heavy atom. The van der Waals surface area contributed by atoms with Gasteiger partial charge in [0.15, 0.2) is 0 Å². The second kappa shape index (κ2) is 8.36. The molecule has 2 N–H and O–H groups in total. The number of anilines is 2. The molecule has 0 aliphatic rings. The van der Waals surface area contributed by atoms with Crippen LogP contribution in [0.4, 0.5) is 11.5 Å². The van der Waals surface area contributed by atoms with Gasteiger partial charge in [0, 0.05) is 37.2 Å². The molecule has 1 heterocycles. The summed E-state index contributed by atoms with van der Waals surface area (Å²) in [5.74, 6) is 0.510. The maximum Gasteiger partial charge on any atom is 0.252 e. The van der Waals surface area contributed by atoms with Gasteiger partial charge in [-0.1, -0.05) is 17.7 Å². The van der Waals surface area contributed by atoms with E-state index in [4.69, 9.17) is 16.3 Å². The molecule has 0 saturated heterocycles. The van der Waals surface area contributed by atoms with Crippen molar-refractivity contribution in [2.45, 2.75) is 6.42 Å². The Morgan fingerprint density at radius 3 is 2.86 bits per heavy atom. The molecule has 1 amide bonds. The maximum atomic E-state index is 11.9. The molecular weight excluding hydrogens is 302 g/mol. The van der Waals surface area contributed by atoms with Crippen molar-refractivity contribution >= 4 is 29.0 Å². The lowest BCUT2D eigenvalue weighted by molar-refractivity contribution is 0.0948. The third-order valence-corrected chi connectivity index (χ3v) is 3.17. The number of benzene rings is 1. The first kappa shape index (κ1) is 16.3. The van der Waals surface area contributed by atoms with Crippen LogP contribution in [0, 0.1) is 0 Å². The van der Waals surface area contributed by atoms with Gasteiger partial charge in [-0.2, -0.15) is 0 Å².